The zero-order valence-electron chi connectivity index (χ0n) is 12.4. The number of anilines is 2. The number of hydrogen-bond acceptors (Lipinski definition) is 4. The Morgan fingerprint density at radius 1 is 0.913 bits per heavy atom. The maximum atomic E-state index is 12.4. The van der Waals surface area contributed by atoms with E-state index in [0.29, 0.717) is 11.4 Å². The standard InChI is InChI=1S/C16H16N4O3/c1-8-6-10(17)3-5-13(8)20-16(23)11-4-2-9(14(18)21)7-12(11)15(19)22/h2-7H,17H2,1H3,(H2,18,21)(H2,19,22)(H,20,23). The summed E-state index contributed by atoms with van der Waals surface area (Å²) in [6.45, 7) is 1.79. The maximum Gasteiger partial charge on any atom is 0.256 e. The molecule has 0 aromatic heterocycles. The summed E-state index contributed by atoms with van der Waals surface area (Å²) in [4.78, 5) is 35.1. The molecule has 0 spiro atoms. The Labute approximate surface area is 132 Å². The van der Waals surface area contributed by atoms with Gasteiger partial charge in [-0.05, 0) is 48.9 Å². The Hall–Kier alpha value is -3.35. The van der Waals surface area contributed by atoms with Crippen molar-refractivity contribution in [3.05, 3.63) is 58.7 Å². The summed E-state index contributed by atoms with van der Waals surface area (Å²) in [6.07, 6.45) is 0. The quantitative estimate of drug-likeness (QED) is 0.625. The normalized spacial score (nSPS) is 10.1. The maximum absolute atomic E-state index is 12.4. The number of hydrogen-bond donors (Lipinski definition) is 4. The molecule has 7 N–H and O–H groups in total. The molecule has 0 fully saturated rings. The van der Waals surface area contributed by atoms with Crippen molar-refractivity contribution in [2.75, 3.05) is 11.1 Å². The third kappa shape index (κ3) is 3.46. The molecule has 2 aromatic carbocycles. The number of aryl methyl sites for hydroxylation is 1. The van der Waals surface area contributed by atoms with Gasteiger partial charge in [0.15, 0.2) is 0 Å². The summed E-state index contributed by atoms with van der Waals surface area (Å²) < 4.78 is 0. The number of primary amides is 2. The van der Waals surface area contributed by atoms with Gasteiger partial charge >= 0.3 is 0 Å². The van der Waals surface area contributed by atoms with E-state index in [1.165, 1.54) is 18.2 Å². The van der Waals surface area contributed by atoms with Crippen molar-refractivity contribution in [2.24, 2.45) is 11.5 Å². The Morgan fingerprint density at radius 2 is 1.61 bits per heavy atom. The minimum absolute atomic E-state index is 0.0544. The fourth-order valence-electron chi connectivity index (χ4n) is 2.12. The molecule has 0 unspecified atom stereocenters. The largest absolute Gasteiger partial charge is 0.399 e. The van der Waals surface area contributed by atoms with Crippen LogP contribution in [0.2, 0.25) is 0 Å². The number of carbonyl (C=O) groups excluding carboxylic acids is 3. The van der Waals surface area contributed by atoms with Crippen LogP contribution in [0.5, 0.6) is 0 Å². The third-order valence-electron chi connectivity index (χ3n) is 3.31. The van der Waals surface area contributed by atoms with Crippen LogP contribution in [-0.2, 0) is 0 Å². The highest BCUT2D eigenvalue weighted by molar-refractivity contribution is 6.13. The molecule has 0 heterocycles. The van der Waals surface area contributed by atoms with Crippen LogP contribution in [0.4, 0.5) is 11.4 Å². The predicted molar refractivity (Wildman–Crippen MR) is 87.0 cm³/mol. The first-order chi connectivity index (χ1) is 10.8. The summed E-state index contributed by atoms with van der Waals surface area (Å²) >= 11 is 0. The SMILES string of the molecule is Cc1cc(N)ccc1NC(=O)c1ccc(C(N)=O)cc1C(N)=O. The van der Waals surface area contributed by atoms with Crippen molar-refractivity contribution in [3.63, 3.8) is 0 Å². The highest BCUT2D eigenvalue weighted by Crippen LogP contribution is 2.20. The molecule has 3 amide bonds. The zero-order chi connectivity index (χ0) is 17.1. The van der Waals surface area contributed by atoms with Crippen molar-refractivity contribution < 1.29 is 14.4 Å². The molecular weight excluding hydrogens is 296 g/mol. The number of nitrogens with two attached hydrogens (primary N) is 3. The summed E-state index contributed by atoms with van der Waals surface area (Å²) in [5.41, 5.74) is 18.1. The molecule has 118 valence electrons. The molecule has 0 bridgehead atoms. The van der Waals surface area contributed by atoms with Crippen molar-refractivity contribution >= 4 is 29.1 Å². The van der Waals surface area contributed by atoms with Crippen molar-refractivity contribution in [3.8, 4) is 0 Å². The summed E-state index contributed by atoms with van der Waals surface area (Å²) in [5, 5.41) is 2.68. The molecule has 7 nitrogen and oxygen atoms in total. The minimum atomic E-state index is -0.827. The molecule has 0 radical (unpaired) electrons. The van der Waals surface area contributed by atoms with Crippen molar-refractivity contribution in [2.45, 2.75) is 6.92 Å². The van der Waals surface area contributed by atoms with Crippen LogP contribution in [0.3, 0.4) is 0 Å². The van der Waals surface area contributed by atoms with Gasteiger partial charge in [-0.3, -0.25) is 14.4 Å². The molecule has 2 rings (SSSR count). The fourth-order valence-corrected chi connectivity index (χ4v) is 2.12. The average molecular weight is 312 g/mol. The van der Waals surface area contributed by atoms with E-state index in [1.807, 2.05) is 0 Å². The number of benzene rings is 2. The van der Waals surface area contributed by atoms with Gasteiger partial charge in [-0.1, -0.05) is 0 Å². The molecule has 0 aliphatic heterocycles. The topological polar surface area (TPSA) is 141 Å². The predicted octanol–water partition coefficient (Wildman–Crippen LogP) is 1.03. The lowest BCUT2D eigenvalue weighted by Gasteiger charge is -2.11. The lowest BCUT2D eigenvalue weighted by molar-refractivity contribution is 0.0975. The highest BCUT2D eigenvalue weighted by atomic mass is 16.2. The van der Waals surface area contributed by atoms with Gasteiger partial charge in [0.25, 0.3) is 5.91 Å². The van der Waals surface area contributed by atoms with Crippen LogP contribution in [0.15, 0.2) is 36.4 Å². The fraction of sp³-hybridized carbons (Fsp3) is 0.0625. The van der Waals surface area contributed by atoms with Gasteiger partial charge in [0.05, 0.1) is 11.1 Å². The van der Waals surface area contributed by atoms with E-state index in [0.717, 1.165) is 5.56 Å². The number of nitrogen functional groups attached to an aromatic ring is 1. The molecule has 0 atom stereocenters. The van der Waals surface area contributed by atoms with E-state index in [2.05, 4.69) is 5.32 Å². The van der Waals surface area contributed by atoms with E-state index in [9.17, 15) is 14.4 Å². The summed E-state index contributed by atoms with van der Waals surface area (Å²) in [6, 6.07) is 8.91. The van der Waals surface area contributed by atoms with Crippen molar-refractivity contribution in [1.82, 2.24) is 0 Å². The van der Waals surface area contributed by atoms with Crippen LogP contribution in [0.25, 0.3) is 0 Å². The van der Waals surface area contributed by atoms with Gasteiger partial charge in [-0.15, -0.1) is 0 Å². The molecule has 23 heavy (non-hydrogen) atoms. The zero-order valence-corrected chi connectivity index (χ0v) is 12.4. The molecule has 7 heteroatoms. The van der Waals surface area contributed by atoms with Gasteiger partial charge in [0.1, 0.15) is 0 Å². The summed E-state index contributed by atoms with van der Waals surface area (Å²) in [7, 11) is 0. The second-order valence-corrected chi connectivity index (χ2v) is 5.02. The van der Waals surface area contributed by atoms with Gasteiger partial charge in [0, 0.05) is 16.9 Å². The molecule has 0 saturated carbocycles. The molecule has 2 aromatic rings. The van der Waals surface area contributed by atoms with Gasteiger partial charge in [0.2, 0.25) is 11.8 Å². The van der Waals surface area contributed by atoms with Gasteiger partial charge < -0.3 is 22.5 Å². The van der Waals surface area contributed by atoms with E-state index >= 15 is 0 Å². The Morgan fingerprint density at radius 3 is 2.17 bits per heavy atom. The minimum Gasteiger partial charge on any atom is -0.399 e. The second-order valence-electron chi connectivity index (χ2n) is 5.02. The number of carbonyl (C=O) groups is 3. The van der Waals surface area contributed by atoms with Crippen LogP contribution >= 0.6 is 0 Å². The van der Waals surface area contributed by atoms with E-state index in [1.54, 1.807) is 25.1 Å². The molecular formula is C16H16N4O3. The van der Waals surface area contributed by atoms with Gasteiger partial charge in [-0.25, -0.2) is 0 Å². The van der Waals surface area contributed by atoms with Crippen molar-refractivity contribution in [1.29, 1.82) is 0 Å². The number of amides is 3. The highest BCUT2D eigenvalue weighted by Gasteiger charge is 2.18. The molecule has 0 saturated heterocycles. The lowest BCUT2D eigenvalue weighted by atomic mass is 10.0. The van der Waals surface area contributed by atoms with E-state index < -0.39 is 17.7 Å². The number of rotatable bonds is 4. The second kappa shape index (κ2) is 6.18. The Kier molecular flexibility index (Phi) is 4.31. The third-order valence-corrected chi connectivity index (χ3v) is 3.31. The first kappa shape index (κ1) is 16.0. The summed E-state index contributed by atoms with van der Waals surface area (Å²) in [5.74, 6) is -2.07. The van der Waals surface area contributed by atoms with Crippen LogP contribution in [-0.4, -0.2) is 17.7 Å². The van der Waals surface area contributed by atoms with Crippen LogP contribution < -0.4 is 22.5 Å². The van der Waals surface area contributed by atoms with Crippen LogP contribution in [0.1, 0.15) is 36.6 Å². The monoisotopic (exact) mass is 312 g/mol. The smallest absolute Gasteiger partial charge is 0.256 e. The molecule has 0 aliphatic carbocycles. The lowest BCUT2D eigenvalue weighted by Crippen LogP contribution is -2.22. The van der Waals surface area contributed by atoms with Gasteiger partial charge in [-0.2, -0.15) is 0 Å². The molecule has 0 aliphatic rings. The van der Waals surface area contributed by atoms with Crippen LogP contribution in [0, 0.1) is 6.92 Å². The first-order valence-electron chi connectivity index (χ1n) is 6.70. The van der Waals surface area contributed by atoms with E-state index in [4.69, 9.17) is 17.2 Å². The van der Waals surface area contributed by atoms with E-state index in [-0.39, 0.29) is 16.7 Å². The first-order valence-corrected chi connectivity index (χ1v) is 6.70. The Balaban J connectivity index is 2.38. The number of nitrogens with one attached hydrogen (secondary N) is 1. The average Bonchev–Trinajstić information content (AvgIpc) is 2.49. The Bertz CT molecular complexity index is 815.